The zero-order chi connectivity index (χ0) is 18.7. The van der Waals surface area contributed by atoms with Crippen LogP contribution in [0.3, 0.4) is 0 Å². The number of guanidine groups is 1. The van der Waals surface area contributed by atoms with Crippen LogP contribution in [0, 0.1) is 0 Å². The minimum atomic E-state index is -3.08. The van der Waals surface area contributed by atoms with E-state index in [-0.39, 0.29) is 35.8 Å². The van der Waals surface area contributed by atoms with E-state index in [9.17, 15) is 8.42 Å². The van der Waals surface area contributed by atoms with Crippen molar-refractivity contribution in [3.8, 4) is 5.75 Å². The molecule has 1 atom stereocenters. The van der Waals surface area contributed by atoms with Crippen LogP contribution in [0.15, 0.2) is 29.3 Å². The molecule has 1 aliphatic rings. The molecule has 0 aromatic heterocycles. The number of hydrogen-bond donors (Lipinski definition) is 1. The molecule has 1 heterocycles. The van der Waals surface area contributed by atoms with Gasteiger partial charge in [0.15, 0.2) is 15.8 Å². The van der Waals surface area contributed by atoms with E-state index in [2.05, 4.69) is 10.3 Å². The van der Waals surface area contributed by atoms with E-state index in [1.54, 1.807) is 27.0 Å². The Morgan fingerprint density at radius 3 is 2.65 bits per heavy atom. The van der Waals surface area contributed by atoms with Gasteiger partial charge in [-0.2, -0.15) is 0 Å². The fraction of sp³-hybridized carbons (Fsp3) is 0.588. The molecule has 1 aliphatic heterocycles. The Morgan fingerprint density at radius 1 is 1.42 bits per heavy atom. The minimum absolute atomic E-state index is 0. The van der Waals surface area contributed by atoms with Crippen LogP contribution >= 0.6 is 35.6 Å². The molecule has 1 N–H and O–H groups in total. The third kappa shape index (κ3) is 5.63. The Bertz CT molecular complexity index is 741. The predicted molar refractivity (Wildman–Crippen MR) is 118 cm³/mol. The quantitative estimate of drug-likeness (QED) is 0.379. The topological polar surface area (TPSA) is 71.0 Å². The summed E-state index contributed by atoms with van der Waals surface area (Å²) in [4.78, 5) is 6.25. The van der Waals surface area contributed by atoms with Gasteiger partial charge in [0, 0.05) is 20.1 Å². The lowest BCUT2D eigenvalue weighted by atomic mass is 10.2. The molecule has 0 spiro atoms. The van der Waals surface area contributed by atoms with E-state index >= 15 is 0 Å². The largest absolute Gasteiger partial charge is 0.487 e. The molecule has 9 heteroatoms. The maximum absolute atomic E-state index is 12.1. The van der Waals surface area contributed by atoms with Gasteiger partial charge in [-0.1, -0.05) is 23.7 Å². The van der Waals surface area contributed by atoms with Gasteiger partial charge in [-0.3, -0.25) is 4.99 Å². The molecular weight excluding hydrogens is 489 g/mol. The molecule has 148 valence electrons. The minimum Gasteiger partial charge on any atom is -0.487 e. The van der Waals surface area contributed by atoms with Crippen LogP contribution in [0.2, 0.25) is 5.02 Å². The van der Waals surface area contributed by atoms with E-state index in [1.807, 2.05) is 30.0 Å². The van der Waals surface area contributed by atoms with Gasteiger partial charge in [-0.25, -0.2) is 8.42 Å². The van der Waals surface area contributed by atoms with Gasteiger partial charge in [0.1, 0.15) is 11.9 Å². The standard InChI is InChI=1S/C17H26ClN3O3S.HI/c1-13(24-15-8-6-5-7-14(15)18)11-20-16(19-4)21-9-10-25(22,23)17(2,3)12-21;/h5-8,13H,9-12H2,1-4H3,(H,19,20);1H. The van der Waals surface area contributed by atoms with Crippen LogP contribution < -0.4 is 10.1 Å². The normalized spacial score (nSPS) is 20.0. The molecule has 1 saturated heterocycles. The fourth-order valence-electron chi connectivity index (χ4n) is 2.69. The molecule has 1 aromatic carbocycles. The maximum atomic E-state index is 12.1. The molecule has 0 amide bonds. The molecule has 2 rings (SSSR count). The van der Waals surface area contributed by atoms with Gasteiger partial charge in [0.25, 0.3) is 0 Å². The van der Waals surface area contributed by atoms with Gasteiger partial charge < -0.3 is 15.0 Å². The molecule has 6 nitrogen and oxygen atoms in total. The molecule has 0 radical (unpaired) electrons. The summed E-state index contributed by atoms with van der Waals surface area (Å²) in [6, 6.07) is 7.33. The summed E-state index contributed by atoms with van der Waals surface area (Å²) in [6.07, 6.45) is -0.127. The molecule has 0 bridgehead atoms. The van der Waals surface area contributed by atoms with Gasteiger partial charge >= 0.3 is 0 Å². The number of nitrogens with one attached hydrogen (secondary N) is 1. The third-order valence-electron chi connectivity index (χ3n) is 4.27. The first-order valence-electron chi connectivity index (χ1n) is 8.25. The first-order chi connectivity index (χ1) is 11.7. The van der Waals surface area contributed by atoms with E-state index in [0.29, 0.717) is 36.4 Å². The zero-order valence-electron chi connectivity index (χ0n) is 15.5. The summed E-state index contributed by atoms with van der Waals surface area (Å²) in [6.45, 7) is 6.82. The van der Waals surface area contributed by atoms with E-state index in [1.165, 1.54) is 0 Å². The molecule has 0 aliphatic carbocycles. The Kier molecular flexibility index (Phi) is 8.47. The van der Waals surface area contributed by atoms with Crippen molar-refractivity contribution in [3.63, 3.8) is 0 Å². The highest BCUT2D eigenvalue weighted by Crippen LogP contribution is 2.25. The predicted octanol–water partition coefficient (Wildman–Crippen LogP) is 2.81. The molecule has 26 heavy (non-hydrogen) atoms. The van der Waals surface area contributed by atoms with Crippen LogP contribution in [0.5, 0.6) is 5.75 Å². The summed E-state index contributed by atoms with van der Waals surface area (Å²) in [7, 11) is -1.38. The van der Waals surface area contributed by atoms with Crippen LogP contribution in [0.1, 0.15) is 20.8 Å². The highest BCUT2D eigenvalue weighted by atomic mass is 127. The molecule has 0 saturated carbocycles. The number of hydrogen-bond acceptors (Lipinski definition) is 4. The van der Waals surface area contributed by atoms with Crippen molar-refractivity contribution in [1.82, 2.24) is 10.2 Å². The van der Waals surface area contributed by atoms with Crippen molar-refractivity contribution < 1.29 is 13.2 Å². The Hall–Kier alpha value is -0.740. The Labute approximate surface area is 178 Å². The second-order valence-corrected chi connectivity index (χ2v) is 9.94. The summed E-state index contributed by atoms with van der Waals surface area (Å²) in [5.74, 6) is 1.45. The number of rotatable bonds is 4. The van der Waals surface area contributed by atoms with Gasteiger partial charge in [-0.05, 0) is 32.9 Å². The highest BCUT2D eigenvalue weighted by molar-refractivity contribution is 14.0. The van der Waals surface area contributed by atoms with Crippen LogP contribution in [-0.4, -0.2) is 62.6 Å². The number of nitrogens with zero attached hydrogens (tertiary/aromatic N) is 2. The number of benzene rings is 1. The third-order valence-corrected chi connectivity index (χ3v) is 7.11. The number of halogens is 2. The first-order valence-corrected chi connectivity index (χ1v) is 10.3. The number of sulfone groups is 1. The zero-order valence-corrected chi connectivity index (χ0v) is 19.4. The second kappa shape index (κ2) is 9.45. The van der Waals surface area contributed by atoms with Crippen molar-refractivity contribution in [2.24, 2.45) is 4.99 Å². The highest BCUT2D eigenvalue weighted by Gasteiger charge is 2.40. The molecular formula is C17H27ClIN3O3S. The number of aliphatic imine (C=N–C) groups is 1. The van der Waals surface area contributed by atoms with Crippen molar-refractivity contribution in [2.75, 3.05) is 32.4 Å². The lowest BCUT2D eigenvalue weighted by molar-refractivity contribution is 0.221. The first kappa shape index (κ1) is 23.3. The average Bonchev–Trinajstić information content (AvgIpc) is 2.53. The summed E-state index contributed by atoms with van der Waals surface area (Å²) >= 11 is 6.10. The van der Waals surface area contributed by atoms with Crippen LogP contribution in [0.4, 0.5) is 0 Å². The lowest BCUT2D eigenvalue weighted by Crippen LogP contribution is -2.57. The van der Waals surface area contributed by atoms with E-state index in [4.69, 9.17) is 16.3 Å². The molecule has 1 aromatic rings. The van der Waals surface area contributed by atoms with Crippen LogP contribution in [-0.2, 0) is 9.84 Å². The second-order valence-electron chi connectivity index (χ2n) is 6.79. The fourth-order valence-corrected chi connectivity index (χ4v) is 4.24. The average molecular weight is 516 g/mol. The molecule has 1 fully saturated rings. The van der Waals surface area contributed by atoms with Gasteiger partial charge in [0.2, 0.25) is 0 Å². The monoisotopic (exact) mass is 515 g/mol. The Balaban J connectivity index is 0.00000338. The summed E-state index contributed by atoms with van der Waals surface area (Å²) in [5.41, 5.74) is 0. The number of para-hydroxylation sites is 1. The summed E-state index contributed by atoms with van der Waals surface area (Å²) < 4.78 is 29.3. The summed E-state index contributed by atoms with van der Waals surface area (Å²) in [5, 5.41) is 3.83. The SMILES string of the molecule is CN=C(NCC(C)Oc1ccccc1Cl)N1CCS(=O)(=O)C(C)(C)C1.I. The Morgan fingerprint density at radius 2 is 2.08 bits per heavy atom. The van der Waals surface area contributed by atoms with Crippen molar-refractivity contribution in [2.45, 2.75) is 31.6 Å². The van der Waals surface area contributed by atoms with Crippen molar-refractivity contribution >= 4 is 51.4 Å². The maximum Gasteiger partial charge on any atom is 0.193 e. The van der Waals surface area contributed by atoms with Crippen molar-refractivity contribution in [3.05, 3.63) is 29.3 Å². The van der Waals surface area contributed by atoms with E-state index < -0.39 is 14.6 Å². The smallest absolute Gasteiger partial charge is 0.193 e. The number of ether oxygens (including phenoxy) is 1. The lowest BCUT2D eigenvalue weighted by Gasteiger charge is -2.39. The molecule has 1 unspecified atom stereocenters. The van der Waals surface area contributed by atoms with Gasteiger partial charge in [-0.15, -0.1) is 24.0 Å². The van der Waals surface area contributed by atoms with Crippen LogP contribution in [0.25, 0.3) is 0 Å². The van der Waals surface area contributed by atoms with Gasteiger partial charge in [0.05, 0.1) is 22.1 Å². The van der Waals surface area contributed by atoms with Crippen molar-refractivity contribution in [1.29, 1.82) is 0 Å². The van der Waals surface area contributed by atoms with E-state index in [0.717, 1.165) is 0 Å².